The van der Waals surface area contributed by atoms with Gasteiger partial charge in [0.2, 0.25) is 5.91 Å². The first kappa shape index (κ1) is 17.2. The van der Waals surface area contributed by atoms with Gasteiger partial charge in [0.25, 0.3) is 5.69 Å². The van der Waals surface area contributed by atoms with Crippen molar-refractivity contribution in [2.24, 2.45) is 7.05 Å². The molecule has 0 aliphatic carbocycles. The van der Waals surface area contributed by atoms with Gasteiger partial charge in [0.1, 0.15) is 5.69 Å². The lowest BCUT2D eigenvalue weighted by atomic mass is 10.1. The number of likely N-dealkylation sites (tertiary alicyclic amines) is 1. The summed E-state index contributed by atoms with van der Waals surface area (Å²) in [6.07, 6.45) is 4.05. The molecule has 1 aliphatic rings. The quantitative estimate of drug-likeness (QED) is 0.669. The van der Waals surface area contributed by atoms with Crippen molar-refractivity contribution in [2.75, 3.05) is 18.4 Å². The number of benzene rings is 1. The van der Waals surface area contributed by atoms with Gasteiger partial charge in [-0.1, -0.05) is 12.1 Å². The molecule has 25 heavy (non-hydrogen) atoms. The molecule has 1 atom stereocenters. The average molecular weight is 342 g/mol. The third-order valence-electron chi connectivity index (χ3n) is 4.75. The van der Waals surface area contributed by atoms with Crippen LogP contribution in [0.5, 0.6) is 0 Å². The van der Waals surface area contributed by atoms with E-state index in [0.29, 0.717) is 5.56 Å². The Hall–Kier alpha value is -2.67. The van der Waals surface area contributed by atoms with Gasteiger partial charge >= 0.3 is 0 Å². The highest BCUT2D eigenvalue weighted by Gasteiger charge is 2.29. The second-order valence-electron chi connectivity index (χ2n) is 6.45. The van der Waals surface area contributed by atoms with Gasteiger partial charge in [-0.25, -0.2) is 0 Å². The fourth-order valence-corrected chi connectivity index (χ4v) is 3.50. The van der Waals surface area contributed by atoms with Crippen molar-refractivity contribution in [1.82, 2.24) is 9.47 Å². The second-order valence-corrected chi connectivity index (χ2v) is 6.45. The van der Waals surface area contributed by atoms with Gasteiger partial charge in [-0.3, -0.25) is 19.8 Å². The number of amides is 1. The molecule has 3 rings (SSSR count). The minimum atomic E-state index is -0.467. The van der Waals surface area contributed by atoms with Crippen molar-refractivity contribution in [3.63, 3.8) is 0 Å². The molecule has 1 aliphatic heterocycles. The third-order valence-corrected chi connectivity index (χ3v) is 4.75. The largest absolute Gasteiger partial charge is 0.353 e. The summed E-state index contributed by atoms with van der Waals surface area (Å²) in [6, 6.07) is 9.07. The number of anilines is 1. The Bertz CT molecular complexity index is 799. The van der Waals surface area contributed by atoms with E-state index in [9.17, 15) is 14.9 Å². The van der Waals surface area contributed by atoms with E-state index in [2.05, 4.69) is 20.9 Å². The monoisotopic (exact) mass is 342 g/mol. The number of carbonyl (C=O) groups is 1. The zero-order valence-electron chi connectivity index (χ0n) is 14.4. The van der Waals surface area contributed by atoms with Crippen LogP contribution in [-0.4, -0.2) is 33.4 Å². The van der Waals surface area contributed by atoms with Gasteiger partial charge in [-0.2, -0.15) is 0 Å². The van der Waals surface area contributed by atoms with Crippen LogP contribution in [0.2, 0.25) is 0 Å². The zero-order valence-corrected chi connectivity index (χ0v) is 14.4. The van der Waals surface area contributed by atoms with E-state index in [-0.39, 0.29) is 29.9 Å². The number of nitro groups is 1. The topological polar surface area (TPSA) is 80.4 Å². The van der Waals surface area contributed by atoms with Crippen LogP contribution < -0.4 is 5.32 Å². The second kappa shape index (κ2) is 7.06. The molecular weight excluding hydrogens is 320 g/mol. The molecule has 1 saturated heterocycles. The summed E-state index contributed by atoms with van der Waals surface area (Å²) in [7, 11) is 2.00. The maximum atomic E-state index is 12.5. The van der Waals surface area contributed by atoms with Crippen LogP contribution in [0.15, 0.2) is 36.5 Å². The van der Waals surface area contributed by atoms with Gasteiger partial charge in [0.15, 0.2) is 0 Å². The van der Waals surface area contributed by atoms with Crippen LogP contribution >= 0.6 is 0 Å². The van der Waals surface area contributed by atoms with Crippen molar-refractivity contribution in [3.05, 3.63) is 57.9 Å². The average Bonchev–Trinajstić information content (AvgIpc) is 3.17. The van der Waals surface area contributed by atoms with Crippen molar-refractivity contribution >= 4 is 17.3 Å². The fraction of sp³-hybridized carbons (Fsp3) is 0.389. The summed E-state index contributed by atoms with van der Waals surface area (Å²) < 4.78 is 2.08. The smallest absolute Gasteiger partial charge is 0.293 e. The molecule has 1 aromatic heterocycles. The van der Waals surface area contributed by atoms with Crippen LogP contribution in [0.3, 0.4) is 0 Å². The lowest BCUT2D eigenvalue weighted by molar-refractivity contribution is -0.384. The molecule has 2 heterocycles. The predicted octanol–water partition coefficient (Wildman–Crippen LogP) is 3.02. The minimum absolute atomic E-state index is 0.0752. The van der Waals surface area contributed by atoms with Gasteiger partial charge in [0.05, 0.1) is 17.5 Å². The fourth-order valence-electron chi connectivity index (χ4n) is 3.50. The van der Waals surface area contributed by atoms with Gasteiger partial charge in [-0.05, 0) is 44.0 Å². The molecule has 0 unspecified atom stereocenters. The normalized spacial score (nSPS) is 17.6. The standard InChI is InChI=1S/C18H22N4O3/c1-13-6-3-7-16(22(24)25)18(13)19-17(23)12-21-11-5-9-15(21)14-8-4-10-20(14)2/h3-4,6-8,10,15H,5,9,11-12H2,1-2H3,(H,19,23)/t15-/m1/s1. The van der Waals surface area contributed by atoms with E-state index in [1.165, 1.54) is 11.8 Å². The van der Waals surface area contributed by atoms with Gasteiger partial charge in [0, 0.05) is 25.0 Å². The summed E-state index contributed by atoms with van der Waals surface area (Å²) in [4.78, 5) is 25.4. The van der Waals surface area contributed by atoms with Crippen LogP contribution in [0, 0.1) is 17.0 Å². The molecule has 1 aromatic carbocycles. The Morgan fingerprint density at radius 2 is 2.16 bits per heavy atom. The number of aromatic nitrogens is 1. The molecule has 0 bridgehead atoms. The summed E-state index contributed by atoms with van der Waals surface area (Å²) in [6.45, 7) is 2.83. The Morgan fingerprint density at radius 1 is 1.36 bits per heavy atom. The first-order valence-electron chi connectivity index (χ1n) is 8.36. The zero-order chi connectivity index (χ0) is 18.0. The van der Waals surface area contributed by atoms with Crippen LogP contribution in [0.4, 0.5) is 11.4 Å². The van der Waals surface area contributed by atoms with Gasteiger partial charge < -0.3 is 9.88 Å². The number of para-hydroxylation sites is 1. The molecule has 1 N–H and O–H groups in total. The van der Waals surface area contributed by atoms with Crippen molar-refractivity contribution in [2.45, 2.75) is 25.8 Å². The summed E-state index contributed by atoms with van der Waals surface area (Å²) >= 11 is 0. The van der Waals surface area contributed by atoms with E-state index in [1.54, 1.807) is 19.1 Å². The van der Waals surface area contributed by atoms with E-state index < -0.39 is 4.92 Å². The number of nitrogens with zero attached hydrogens (tertiary/aromatic N) is 3. The molecule has 1 fully saturated rings. The molecule has 2 aromatic rings. The summed E-state index contributed by atoms with van der Waals surface area (Å²) in [5.74, 6) is -0.224. The molecule has 0 spiro atoms. The highest BCUT2D eigenvalue weighted by atomic mass is 16.6. The van der Waals surface area contributed by atoms with Crippen LogP contribution in [-0.2, 0) is 11.8 Å². The van der Waals surface area contributed by atoms with Crippen molar-refractivity contribution in [3.8, 4) is 0 Å². The SMILES string of the molecule is Cc1cccc([N+](=O)[O-])c1NC(=O)CN1CCC[C@@H]1c1cccn1C. The molecule has 132 valence electrons. The lowest BCUT2D eigenvalue weighted by Gasteiger charge is -2.24. The number of rotatable bonds is 5. The Balaban J connectivity index is 1.73. The number of nitrogens with one attached hydrogen (secondary N) is 1. The highest BCUT2D eigenvalue weighted by Crippen LogP contribution is 2.32. The molecular formula is C18H22N4O3. The Labute approximate surface area is 146 Å². The first-order valence-corrected chi connectivity index (χ1v) is 8.36. The molecule has 7 heteroatoms. The van der Waals surface area contributed by atoms with Crippen molar-refractivity contribution in [1.29, 1.82) is 0 Å². The number of aryl methyl sites for hydroxylation is 2. The van der Waals surface area contributed by atoms with E-state index in [4.69, 9.17) is 0 Å². The van der Waals surface area contributed by atoms with Crippen molar-refractivity contribution < 1.29 is 9.72 Å². The first-order chi connectivity index (χ1) is 12.0. The summed E-state index contributed by atoms with van der Waals surface area (Å²) in [5, 5.41) is 13.9. The van der Waals surface area contributed by atoms with Crippen LogP contribution in [0.25, 0.3) is 0 Å². The number of nitro benzene ring substituents is 1. The number of hydrogen-bond donors (Lipinski definition) is 1. The minimum Gasteiger partial charge on any atom is -0.353 e. The molecule has 0 radical (unpaired) electrons. The van der Waals surface area contributed by atoms with E-state index in [1.807, 2.05) is 19.3 Å². The molecule has 1 amide bonds. The number of carbonyl (C=O) groups excluding carboxylic acids is 1. The Kier molecular flexibility index (Phi) is 4.85. The van der Waals surface area contributed by atoms with E-state index in [0.717, 1.165) is 19.4 Å². The lowest BCUT2D eigenvalue weighted by Crippen LogP contribution is -2.33. The predicted molar refractivity (Wildman–Crippen MR) is 95.4 cm³/mol. The molecule has 7 nitrogen and oxygen atoms in total. The third kappa shape index (κ3) is 3.56. The highest BCUT2D eigenvalue weighted by molar-refractivity contribution is 5.95. The van der Waals surface area contributed by atoms with Gasteiger partial charge in [-0.15, -0.1) is 0 Å². The maximum absolute atomic E-state index is 12.5. The molecule has 0 saturated carbocycles. The Morgan fingerprint density at radius 3 is 2.84 bits per heavy atom. The summed E-state index contributed by atoms with van der Waals surface area (Å²) in [5.41, 5.74) is 2.08. The van der Waals surface area contributed by atoms with Crippen LogP contribution in [0.1, 0.15) is 30.1 Å². The number of hydrogen-bond acceptors (Lipinski definition) is 4. The van der Waals surface area contributed by atoms with E-state index >= 15 is 0 Å². The maximum Gasteiger partial charge on any atom is 0.293 e.